The molecule has 0 fully saturated rings. The molecular formula is C18H16O5. The highest BCUT2D eigenvalue weighted by Crippen LogP contribution is 2.13. The van der Waals surface area contributed by atoms with Gasteiger partial charge >= 0.3 is 18.1 Å². The Balaban J connectivity index is 2.00. The fourth-order valence-corrected chi connectivity index (χ4v) is 2.07. The summed E-state index contributed by atoms with van der Waals surface area (Å²) in [7, 11) is 0. The lowest BCUT2D eigenvalue weighted by Crippen LogP contribution is -2.18. The van der Waals surface area contributed by atoms with E-state index in [1.807, 2.05) is 6.92 Å². The van der Waals surface area contributed by atoms with Crippen molar-refractivity contribution in [1.82, 2.24) is 0 Å². The summed E-state index contributed by atoms with van der Waals surface area (Å²) in [4.78, 5) is 35.3. The van der Waals surface area contributed by atoms with Crippen molar-refractivity contribution >= 4 is 18.1 Å². The molecule has 5 heteroatoms. The Morgan fingerprint density at radius 2 is 1.43 bits per heavy atom. The summed E-state index contributed by atoms with van der Waals surface area (Å²) < 4.78 is 9.10. The highest BCUT2D eigenvalue weighted by atomic mass is 16.8. The molecule has 0 aliphatic rings. The number of esters is 2. The van der Waals surface area contributed by atoms with Gasteiger partial charge in [-0.3, -0.25) is 0 Å². The second kappa shape index (κ2) is 7.89. The molecule has 118 valence electrons. The van der Waals surface area contributed by atoms with Crippen molar-refractivity contribution in [3.8, 4) is 0 Å². The van der Waals surface area contributed by atoms with Gasteiger partial charge in [-0.1, -0.05) is 49.7 Å². The van der Waals surface area contributed by atoms with Gasteiger partial charge < -0.3 is 9.47 Å². The van der Waals surface area contributed by atoms with Crippen LogP contribution in [-0.4, -0.2) is 18.1 Å². The van der Waals surface area contributed by atoms with Gasteiger partial charge in [-0.2, -0.15) is 0 Å². The van der Waals surface area contributed by atoms with Gasteiger partial charge in [0.25, 0.3) is 0 Å². The average molecular weight is 312 g/mol. The third-order valence-corrected chi connectivity index (χ3v) is 3.12. The number of carbonyl (C=O) groups is 3. The minimum atomic E-state index is -1.34. The molecule has 2 rings (SSSR count). The number of hydrogen-bond acceptors (Lipinski definition) is 5. The van der Waals surface area contributed by atoms with E-state index in [0.29, 0.717) is 12.0 Å². The summed E-state index contributed by atoms with van der Waals surface area (Å²) in [5.74, 6) is -1.70. The average Bonchev–Trinajstić information content (AvgIpc) is 2.56. The maximum absolute atomic E-state index is 12.0. The minimum Gasteiger partial charge on any atom is -0.356 e. The molecule has 0 saturated carbocycles. The van der Waals surface area contributed by atoms with Crippen molar-refractivity contribution in [2.45, 2.75) is 19.8 Å². The summed E-state index contributed by atoms with van der Waals surface area (Å²) in [5.41, 5.74) is 1.27. The molecule has 0 unspecified atom stereocenters. The van der Waals surface area contributed by atoms with Crippen molar-refractivity contribution in [1.29, 1.82) is 0 Å². The number of rotatable bonds is 4. The quantitative estimate of drug-likeness (QED) is 0.635. The number of aryl methyl sites for hydroxylation is 1. The summed E-state index contributed by atoms with van der Waals surface area (Å²) in [6.45, 7) is 1.98. The number of ether oxygens (including phenoxy) is 2. The van der Waals surface area contributed by atoms with E-state index >= 15 is 0 Å². The smallest absolute Gasteiger partial charge is 0.356 e. The largest absolute Gasteiger partial charge is 0.524 e. The van der Waals surface area contributed by atoms with Crippen molar-refractivity contribution in [2.75, 3.05) is 0 Å². The van der Waals surface area contributed by atoms with Crippen LogP contribution in [0.3, 0.4) is 0 Å². The lowest BCUT2D eigenvalue weighted by molar-refractivity contribution is 0.0337. The Morgan fingerprint density at radius 1 is 0.826 bits per heavy atom. The van der Waals surface area contributed by atoms with E-state index in [4.69, 9.17) is 0 Å². The van der Waals surface area contributed by atoms with Crippen LogP contribution < -0.4 is 0 Å². The van der Waals surface area contributed by atoms with Crippen LogP contribution in [0.4, 0.5) is 4.79 Å². The maximum atomic E-state index is 12.0. The Labute approximate surface area is 133 Å². The van der Waals surface area contributed by atoms with Crippen molar-refractivity contribution in [2.24, 2.45) is 0 Å². The summed E-state index contributed by atoms with van der Waals surface area (Å²) in [6.07, 6.45) is 0.194. The molecule has 5 nitrogen and oxygen atoms in total. The molecule has 0 amide bonds. The Kier molecular flexibility index (Phi) is 5.63. The van der Waals surface area contributed by atoms with E-state index in [-0.39, 0.29) is 5.56 Å². The van der Waals surface area contributed by atoms with Crippen LogP contribution in [0, 0.1) is 0 Å². The summed E-state index contributed by atoms with van der Waals surface area (Å²) in [5, 5.41) is 0. The molecule has 2 aromatic rings. The Hall–Kier alpha value is -2.95. The lowest BCUT2D eigenvalue weighted by Gasteiger charge is -2.07. The zero-order valence-electron chi connectivity index (χ0n) is 12.7. The van der Waals surface area contributed by atoms with Crippen LogP contribution in [0.5, 0.6) is 0 Å². The molecule has 0 spiro atoms. The fourth-order valence-electron chi connectivity index (χ4n) is 2.07. The highest BCUT2D eigenvalue weighted by Gasteiger charge is 2.20. The molecule has 0 radical (unpaired) electrons. The molecule has 0 aliphatic heterocycles. The van der Waals surface area contributed by atoms with Gasteiger partial charge in [-0.25, -0.2) is 14.4 Å². The predicted molar refractivity (Wildman–Crippen MR) is 83.1 cm³/mol. The van der Waals surface area contributed by atoms with E-state index in [2.05, 4.69) is 9.47 Å². The first-order valence-electron chi connectivity index (χ1n) is 7.23. The van der Waals surface area contributed by atoms with E-state index < -0.39 is 18.1 Å². The molecule has 0 N–H and O–H groups in total. The standard InChI is InChI=1S/C18H16O5/c1-2-8-13-9-6-7-12-15(13)17(20)23-18(21)22-16(19)14-10-4-3-5-11-14/h3-7,9-12H,2,8H2,1H3. The predicted octanol–water partition coefficient (Wildman–Crippen LogP) is 3.77. The van der Waals surface area contributed by atoms with E-state index in [1.165, 1.54) is 12.1 Å². The topological polar surface area (TPSA) is 69.7 Å². The van der Waals surface area contributed by atoms with Gasteiger partial charge in [0.05, 0.1) is 11.1 Å². The third kappa shape index (κ3) is 4.51. The second-order valence-corrected chi connectivity index (χ2v) is 4.80. The molecule has 23 heavy (non-hydrogen) atoms. The zero-order chi connectivity index (χ0) is 16.7. The van der Waals surface area contributed by atoms with E-state index in [0.717, 1.165) is 12.0 Å². The number of carbonyl (C=O) groups excluding carboxylic acids is 3. The van der Waals surface area contributed by atoms with Crippen LogP contribution >= 0.6 is 0 Å². The maximum Gasteiger partial charge on any atom is 0.524 e. The van der Waals surface area contributed by atoms with Gasteiger partial charge in [0.2, 0.25) is 0 Å². The molecule has 0 heterocycles. The number of benzene rings is 2. The van der Waals surface area contributed by atoms with Crippen LogP contribution in [-0.2, 0) is 15.9 Å². The van der Waals surface area contributed by atoms with Crippen LogP contribution in [0.1, 0.15) is 39.6 Å². The third-order valence-electron chi connectivity index (χ3n) is 3.12. The molecule has 0 aromatic heterocycles. The number of hydrogen-bond donors (Lipinski definition) is 0. The van der Waals surface area contributed by atoms with Crippen LogP contribution in [0.2, 0.25) is 0 Å². The summed E-state index contributed by atoms with van der Waals surface area (Å²) >= 11 is 0. The van der Waals surface area contributed by atoms with Gasteiger partial charge in [0.15, 0.2) is 0 Å². The summed E-state index contributed by atoms with van der Waals surface area (Å²) in [6, 6.07) is 14.8. The van der Waals surface area contributed by atoms with Gasteiger partial charge in [-0.15, -0.1) is 0 Å². The van der Waals surface area contributed by atoms with Gasteiger partial charge in [-0.05, 0) is 30.2 Å². The SMILES string of the molecule is CCCc1ccccc1C(=O)OC(=O)OC(=O)c1ccccc1. The van der Waals surface area contributed by atoms with Crippen LogP contribution in [0.15, 0.2) is 54.6 Å². The normalized spacial score (nSPS) is 9.96. The zero-order valence-corrected chi connectivity index (χ0v) is 12.7. The van der Waals surface area contributed by atoms with Gasteiger partial charge in [0, 0.05) is 0 Å². The molecule has 0 saturated heterocycles. The van der Waals surface area contributed by atoms with Crippen LogP contribution in [0.25, 0.3) is 0 Å². The van der Waals surface area contributed by atoms with Crippen molar-refractivity contribution < 1.29 is 23.9 Å². The molecule has 0 bridgehead atoms. The lowest BCUT2D eigenvalue weighted by atomic mass is 10.0. The first-order chi connectivity index (χ1) is 11.1. The highest BCUT2D eigenvalue weighted by molar-refractivity contribution is 6.01. The first kappa shape index (κ1) is 16.4. The van der Waals surface area contributed by atoms with E-state index in [9.17, 15) is 14.4 Å². The first-order valence-corrected chi connectivity index (χ1v) is 7.23. The second-order valence-electron chi connectivity index (χ2n) is 4.80. The minimum absolute atomic E-state index is 0.197. The molecule has 0 atom stereocenters. The molecule has 2 aromatic carbocycles. The fraction of sp³-hybridized carbons (Fsp3) is 0.167. The van der Waals surface area contributed by atoms with Gasteiger partial charge in [0.1, 0.15) is 0 Å². The van der Waals surface area contributed by atoms with E-state index in [1.54, 1.807) is 42.5 Å². The van der Waals surface area contributed by atoms with Crippen molar-refractivity contribution in [3.05, 3.63) is 71.3 Å². The molecule has 0 aliphatic carbocycles. The Morgan fingerprint density at radius 3 is 2.13 bits per heavy atom. The molecular weight excluding hydrogens is 296 g/mol. The Bertz CT molecular complexity index is 706. The monoisotopic (exact) mass is 312 g/mol. The van der Waals surface area contributed by atoms with Crippen molar-refractivity contribution in [3.63, 3.8) is 0 Å².